The van der Waals surface area contributed by atoms with Crippen LogP contribution in [0, 0.1) is 5.92 Å². The van der Waals surface area contributed by atoms with Gasteiger partial charge in [0.05, 0.1) is 43.5 Å². The van der Waals surface area contributed by atoms with Crippen LogP contribution < -0.4 is 0 Å². The standard InChI is InChI=1S/C31H37N5O4/c1-34(15-16-39-2)30(37)27-20-36(19-26(27)25-10-6-8-23-7-4-5-9-24(23)25)29(28-18-32-21-33-28)17-22-11-13-35(14-12-22)31(38)40-3/h4-10,18-22,29H,11-17H2,1-3H3,(H,32,33). The lowest BCUT2D eigenvalue weighted by Gasteiger charge is -2.33. The number of likely N-dealkylation sites (N-methyl/N-ethyl adjacent to an activating group) is 1. The largest absolute Gasteiger partial charge is 0.453 e. The molecule has 40 heavy (non-hydrogen) atoms. The molecule has 0 radical (unpaired) electrons. The Morgan fingerprint density at radius 1 is 1.07 bits per heavy atom. The van der Waals surface area contributed by atoms with Gasteiger partial charge in [-0.3, -0.25) is 4.79 Å². The van der Waals surface area contributed by atoms with Crippen molar-refractivity contribution in [2.24, 2.45) is 5.92 Å². The highest BCUT2D eigenvalue weighted by molar-refractivity contribution is 6.06. The number of carbonyl (C=O) groups excluding carboxylic acids is 2. The zero-order valence-corrected chi connectivity index (χ0v) is 23.4. The van der Waals surface area contributed by atoms with Gasteiger partial charge in [-0.25, -0.2) is 9.78 Å². The predicted octanol–water partition coefficient (Wildman–Crippen LogP) is 5.21. The highest BCUT2D eigenvalue weighted by Gasteiger charge is 2.29. The van der Waals surface area contributed by atoms with Gasteiger partial charge in [0.15, 0.2) is 0 Å². The summed E-state index contributed by atoms with van der Waals surface area (Å²) >= 11 is 0. The first-order valence-corrected chi connectivity index (χ1v) is 13.7. The van der Waals surface area contributed by atoms with Gasteiger partial charge in [-0.05, 0) is 41.5 Å². The van der Waals surface area contributed by atoms with Crippen molar-refractivity contribution in [3.63, 3.8) is 0 Å². The fourth-order valence-electron chi connectivity index (χ4n) is 5.69. The summed E-state index contributed by atoms with van der Waals surface area (Å²) in [6.45, 7) is 2.31. The Morgan fingerprint density at radius 3 is 2.58 bits per heavy atom. The number of carbonyl (C=O) groups is 2. The summed E-state index contributed by atoms with van der Waals surface area (Å²) < 4.78 is 12.3. The van der Waals surface area contributed by atoms with Crippen molar-refractivity contribution in [1.29, 1.82) is 0 Å². The summed E-state index contributed by atoms with van der Waals surface area (Å²) in [5.41, 5.74) is 3.56. The van der Waals surface area contributed by atoms with Gasteiger partial charge >= 0.3 is 6.09 Å². The average Bonchev–Trinajstić information content (AvgIpc) is 3.69. The predicted molar refractivity (Wildman–Crippen MR) is 154 cm³/mol. The zero-order valence-electron chi connectivity index (χ0n) is 23.4. The summed E-state index contributed by atoms with van der Waals surface area (Å²) in [5, 5.41) is 2.23. The van der Waals surface area contributed by atoms with Crippen molar-refractivity contribution in [3.05, 3.63) is 78.6 Å². The van der Waals surface area contributed by atoms with Crippen LogP contribution >= 0.6 is 0 Å². The first-order valence-electron chi connectivity index (χ1n) is 13.7. The fraction of sp³-hybridized carbons (Fsp3) is 0.387. The first kappa shape index (κ1) is 27.5. The Labute approximate surface area is 234 Å². The van der Waals surface area contributed by atoms with Crippen LogP contribution in [0.5, 0.6) is 0 Å². The lowest BCUT2D eigenvalue weighted by atomic mass is 9.89. The Morgan fingerprint density at radius 2 is 1.85 bits per heavy atom. The molecule has 4 aromatic rings. The molecule has 1 fully saturated rings. The van der Waals surface area contributed by atoms with E-state index in [1.807, 2.05) is 37.6 Å². The average molecular weight is 544 g/mol. The number of benzene rings is 2. The molecule has 2 amide bonds. The number of hydrogen-bond donors (Lipinski definition) is 1. The van der Waals surface area contributed by atoms with E-state index in [2.05, 4.69) is 45.0 Å². The molecule has 5 rings (SSSR count). The molecule has 1 saturated heterocycles. The minimum atomic E-state index is -0.269. The number of methoxy groups -OCH3 is 2. The Bertz CT molecular complexity index is 1430. The topological polar surface area (TPSA) is 92.7 Å². The molecular weight excluding hydrogens is 506 g/mol. The molecule has 9 heteroatoms. The van der Waals surface area contributed by atoms with E-state index in [9.17, 15) is 9.59 Å². The number of hydrogen-bond acceptors (Lipinski definition) is 5. The van der Waals surface area contributed by atoms with Gasteiger partial charge in [0, 0.05) is 51.7 Å². The van der Waals surface area contributed by atoms with Crippen molar-refractivity contribution in [1.82, 2.24) is 24.3 Å². The smallest absolute Gasteiger partial charge is 0.409 e. The lowest BCUT2D eigenvalue weighted by molar-refractivity contribution is 0.0745. The zero-order chi connectivity index (χ0) is 28.1. The molecule has 0 spiro atoms. The maximum Gasteiger partial charge on any atom is 0.409 e. The van der Waals surface area contributed by atoms with Crippen molar-refractivity contribution in [3.8, 4) is 11.1 Å². The molecule has 1 unspecified atom stereocenters. The molecule has 9 nitrogen and oxygen atoms in total. The van der Waals surface area contributed by atoms with Gasteiger partial charge in [0.1, 0.15) is 0 Å². The normalized spacial score (nSPS) is 14.8. The molecule has 1 aliphatic rings. The molecule has 1 atom stereocenters. The van der Waals surface area contributed by atoms with Crippen LogP contribution in [0.4, 0.5) is 4.79 Å². The molecule has 2 aromatic heterocycles. The molecular formula is C31H37N5O4. The monoisotopic (exact) mass is 543 g/mol. The lowest BCUT2D eigenvalue weighted by Crippen LogP contribution is -2.38. The number of fused-ring (bicyclic) bond motifs is 1. The molecule has 210 valence electrons. The quantitative estimate of drug-likeness (QED) is 0.313. The summed E-state index contributed by atoms with van der Waals surface area (Å²) in [4.78, 5) is 36.9. The van der Waals surface area contributed by atoms with E-state index in [1.165, 1.54) is 7.11 Å². The number of likely N-dealkylation sites (tertiary alicyclic amines) is 1. The molecule has 0 saturated carbocycles. The number of amides is 2. The first-order chi connectivity index (χ1) is 19.5. The molecule has 3 heterocycles. The van der Waals surface area contributed by atoms with Gasteiger partial charge in [0.2, 0.25) is 0 Å². The molecule has 0 aliphatic carbocycles. The number of rotatable bonds is 9. The second kappa shape index (κ2) is 12.4. The molecule has 2 aromatic carbocycles. The number of piperidine rings is 1. The van der Waals surface area contributed by atoms with Gasteiger partial charge < -0.3 is 28.8 Å². The number of H-pyrrole nitrogens is 1. The van der Waals surface area contributed by atoms with E-state index in [0.29, 0.717) is 37.7 Å². The number of nitrogens with one attached hydrogen (secondary N) is 1. The van der Waals surface area contributed by atoms with E-state index < -0.39 is 0 Å². The third-order valence-electron chi connectivity index (χ3n) is 7.98. The van der Waals surface area contributed by atoms with Crippen LogP contribution in [0.15, 0.2) is 67.4 Å². The second-order valence-electron chi connectivity index (χ2n) is 10.4. The number of aromatic nitrogens is 3. The van der Waals surface area contributed by atoms with E-state index >= 15 is 0 Å². The van der Waals surface area contributed by atoms with E-state index in [4.69, 9.17) is 9.47 Å². The van der Waals surface area contributed by atoms with Crippen molar-refractivity contribution >= 4 is 22.8 Å². The molecule has 0 bridgehead atoms. The second-order valence-corrected chi connectivity index (χ2v) is 10.4. The maximum atomic E-state index is 13.8. The Hall–Kier alpha value is -4.11. The summed E-state index contributed by atoms with van der Waals surface area (Å²) in [5.74, 6) is 0.356. The van der Waals surface area contributed by atoms with Gasteiger partial charge in [0.25, 0.3) is 5.91 Å². The fourth-order valence-corrected chi connectivity index (χ4v) is 5.69. The Balaban J connectivity index is 1.53. The molecule has 1 aliphatic heterocycles. The maximum absolute atomic E-state index is 13.8. The van der Waals surface area contributed by atoms with E-state index in [0.717, 1.165) is 46.9 Å². The third-order valence-corrected chi connectivity index (χ3v) is 7.98. The SMILES string of the molecule is COCCN(C)C(=O)c1cn(C(CC2CCN(C(=O)OC)CC2)c2cnc[nH]2)cc1-c1cccc2ccccc12. The molecule has 1 N–H and O–H groups in total. The highest BCUT2D eigenvalue weighted by Crippen LogP contribution is 2.37. The summed E-state index contributed by atoms with van der Waals surface area (Å²) in [6, 6.07) is 14.4. The van der Waals surface area contributed by atoms with Crippen LogP contribution in [0.3, 0.4) is 0 Å². The van der Waals surface area contributed by atoms with E-state index in [1.54, 1.807) is 23.2 Å². The summed E-state index contributed by atoms with van der Waals surface area (Å²) in [6.07, 6.45) is 10.0. The van der Waals surface area contributed by atoms with Crippen LogP contribution in [-0.4, -0.2) is 83.8 Å². The van der Waals surface area contributed by atoms with Crippen LogP contribution in [0.1, 0.15) is 41.4 Å². The van der Waals surface area contributed by atoms with Gasteiger partial charge in [-0.2, -0.15) is 0 Å². The van der Waals surface area contributed by atoms with Gasteiger partial charge in [-0.15, -0.1) is 0 Å². The Kier molecular flexibility index (Phi) is 8.50. The van der Waals surface area contributed by atoms with Crippen LogP contribution in [-0.2, 0) is 9.47 Å². The minimum absolute atomic E-state index is 0.0447. The third kappa shape index (κ3) is 5.74. The summed E-state index contributed by atoms with van der Waals surface area (Å²) in [7, 11) is 4.88. The number of imidazole rings is 1. The van der Waals surface area contributed by atoms with Crippen molar-refractivity contribution < 1.29 is 19.1 Å². The number of aromatic amines is 1. The van der Waals surface area contributed by atoms with Gasteiger partial charge in [-0.1, -0.05) is 42.5 Å². The van der Waals surface area contributed by atoms with Crippen LogP contribution in [0.25, 0.3) is 21.9 Å². The van der Waals surface area contributed by atoms with Crippen LogP contribution in [0.2, 0.25) is 0 Å². The van der Waals surface area contributed by atoms with Crippen molar-refractivity contribution in [2.75, 3.05) is 47.5 Å². The minimum Gasteiger partial charge on any atom is -0.453 e. The van der Waals surface area contributed by atoms with Crippen molar-refractivity contribution in [2.45, 2.75) is 25.3 Å². The highest BCUT2D eigenvalue weighted by atomic mass is 16.5. The number of ether oxygens (including phenoxy) is 2. The number of nitrogens with zero attached hydrogens (tertiary/aromatic N) is 4. The van der Waals surface area contributed by atoms with E-state index in [-0.39, 0.29) is 18.0 Å².